The van der Waals surface area contributed by atoms with Crippen LogP contribution < -0.4 is 10.1 Å². The molecule has 0 fully saturated rings. The van der Waals surface area contributed by atoms with Crippen molar-refractivity contribution in [3.05, 3.63) is 76.9 Å². The Labute approximate surface area is 167 Å². The lowest BCUT2D eigenvalue weighted by molar-refractivity contribution is -0.124. The molecule has 29 heavy (non-hydrogen) atoms. The molecule has 0 aliphatic carbocycles. The van der Waals surface area contributed by atoms with Crippen LogP contribution in [0, 0.1) is 13.8 Å². The number of carbonyl (C=O) groups excluding carboxylic acids is 2. The van der Waals surface area contributed by atoms with Gasteiger partial charge in [-0.25, -0.2) is 4.79 Å². The van der Waals surface area contributed by atoms with E-state index in [2.05, 4.69) is 15.5 Å². The Hall–Kier alpha value is -3.68. The van der Waals surface area contributed by atoms with Crippen molar-refractivity contribution in [2.45, 2.75) is 27.0 Å². The first-order valence-electron chi connectivity index (χ1n) is 9.01. The van der Waals surface area contributed by atoms with Gasteiger partial charge in [0.25, 0.3) is 5.91 Å². The summed E-state index contributed by atoms with van der Waals surface area (Å²) in [5.41, 5.74) is 2.42. The molecule has 0 saturated heterocycles. The predicted molar refractivity (Wildman–Crippen MR) is 103 cm³/mol. The molecule has 1 aromatic heterocycles. The molecule has 0 saturated carbocycles. The summed E-state index contributed by atoms with van der Waals surface area (Å²) in [6.07, 6.45) is 0. The van der Waals surface area contributed by atoms with E-state index >= 15 is 0 Å². The first kappa shape index (κ1) is 20.1. The Morgan fingerprint density at radius 2 is 1.83 bits per heavy atom. The van der Waals surface area contributed by atoms with E-state index in [1.54, 1.807) is 31.2 Å². The quantitative estimate of drug-likeness (QED) is 0.585. The maximum absolute atomic E-state index is 12.1. The molecule has 1 heterocycles. The van der Waals surface area contributed by atoms with Crippen molar-refractivity contribution in [3.8, 4) is 5.75 Å². The maximum atomic E-state index is 12.1. The fraction of sp³-hybridized carbons (Fsp3) is 0.238. The lowest BCUT2D eigenvalue weighted by Crippen LogP contribution is -2.28. The van der Waals surface area contributed by atoms with Crippen LogP contribution in [0.2, 0.25) is 0 Å². The standard InChI is InChI=1S/C21H21N3O5/c1-14-5-3-4-6-17(14)11-22-20(25)13-28-21(26)16-7-9-18(10-8-16)27-12-19-23-15(2)29-24-19/h3-10H,11-13H2,1-2H3,(H,22,25). The number of hydrogen-bond acceptors (Lipinski definition) is 7. The Balaban J connectivity index is 1.42. The van der Waals surface area contributed by atoms with E-state index in [1.165, 1.54) is 0 Å². The maximum Gasteiger partial charge on any atom is 0.338 e. The van der Waals surface area contributed by atoms with E-state index < -0.39 is 5.97 Å². The lowest BCUT2D eigenvalue weighted by atomic mass is 10.1. The van der Waals surface area contributed by atoms with Crippen molar-refractivity contribution in [2.75, 3.05) is 6.61 Å². The molecular formula is C21H21N3O5. The molecule has 8 heteroatoms. The van der Waals surface area contributed by atoms with Gasteiger partial charge in [0.1, 0.15) is 5.75 Å². The van der Waals surface area contributed by atoms with Crippen LogP contribution in [0.25, 0.3) is 0 Å². The molecule has 0 bridgehead atoms. The van der Waals surface area contributed by atoms with Crippen molar-refractivity contribution >= 4 is 11.9 Å². The van der Waals surface area contributed by atoms with Crippen LogP contribution in [0.15, 0.2) is 53.1 Å². The van der Waals surface area contributed by atoms with Crippen molar-refractivity contribution in [1.29, 1.82) is 0 Å². The minimum absolute atomic E-state index is 0.155. The Morgan fingerprint density at radius 1 is 1.07 bits per heavy atom. The van der Waals surface area contributed by atoms with E-state index in [9.17, 15) is 9.59 Å². The number of aryl methyl sites for hydroxylation is 2. The molecule has 0 aliphatic rings. The van der Waals surface area contributed by atoms with Gasteiger partial charge in [0.05, 0.1) is 5.56 Å². The summed E-state index contributed by atoms with van der Waals surface area (Å²) < 4.78 is 15.4. The zero-order valence-corrected chi connectivity index (χ0v) is 16.2. The first-order valence-corrected chi connectivity index (χ1v) is 9.01. The van der Waals surface area contributed by atoms with E-state index in [1.807, 2.05) is 31.2 Å². The molecule has 0 spiro atoms. The van der Waals surface area contributed by atoms with Gasteiger partial charge in [0, 0.05) is 13.5 Å². The smallest absolute Gasteiger partial charge is 0.338 e. The molecule has 3 aromatic rings. The van der Waals surface area contributed by atoms with Crippen LogP contribution >= 0.6 is 0 Å². The number of aromatic nitrogens is 2. The van der Waals surface area contributed by atoms with Crippen LogP contribution in [0.4, 0.5) is 0 Å². The molecular weight excluding hydrogens is 374 g/mol. The molecule has 0 aliphatic heterocycles. The summed E-state index contributed by atoms with van der Waals surface area (Å²) in [4.78, 5) is 28.0. The third kappa shape index (κ3) is 5.90. The zero-order valence-electron chi connectivity index (χ0n) is 16.2. The highest BCUT2D eigenvalue weighted by Crippen LogP contribution is 2.14. The second-order valence-electron chi connectivity index (χ2n) is 6.32. The number of esters is 1. The van der Waals surface area contributed by atoms with Crippen molar-refractivity contribution in [3.63, 3.8) is 0 Å². The van der Waals surface area contributed by atoms with Gasteiger partial charge in [-0.3, -0.25) is 4.79 Å². The number of carbonyl (C=O) groups is 2. The van der Waals surface area contributed by atoms with Crippen LogP contribution in [-0.4, -0.2) is 28.6 Å². The summed E-state index contributed by atoms with van der Waals surface area (Å²) in [6, 6.07) is 14.1. The molecule has 1 amide bonds. The van der Waals surface area contributed by atoms with Crippen LogP contribution in [0.1, 0.15) is 33.2 Å². The summed E-state index contributed by atoms with van der Waals surface area (Å²) in [7, 11) is 0. The average Bonchev–Trinajstić information content (AvgIpc) is 3.15. The fourth-order valence-corrected chi connectivity index (χ4v) is 2.50. The van der Waals surface area contributed by atoms with Crippen LogP contribution in [0.5, 0.6) is 5.75 Å². The number of hydrogen-bond donors (Lipinski definition) is 1. The van der Waals surface area contributed by atoms with Gasteiger partial charge in [-0.1, -0.05) is 29.4 Å². The third-order valence-corrected chi connectivity index (χ3v) is 4.10. The summed E-state index contributed by atoms with van der Waals surface area (Å²) >= 11 is 0. The topological polar surface area (TPSA) is 104 Å². The molecule has 150 valence electrons. The predicted octanol–water partition coefficient (Wildman–Crippen LogP) is 2.74. The summed E-state index contributed by atoms with van der Waals surface area (Å²) in [6.45, 7) is 3.86. The van der Waals surface area contributed by atoms with Gasteiger partial charge in [0.2, 0.25) is 11.7 Å². The van der Waals surface area contributed by atoms with E-state index in [4.69, 9.17) is 14.0 Å². The molecule has 0 atom stereocenters. The van der Waals surface area contributed by atoms with Gasteiger partial charge in [-0.2, -0.15) is 4.98 Å². The monoisotopic (exact) mass is 395 g/mol. The van der Waals surface area contributed by atoms with Gasteiger partial charge in [-0.05, 0) is 42.3 Å². The molecule has 3 rings (SSSR count). The van der Waals surface area contributed by atoms with Crippen molar-refractivity contribution in [1.82, 2.24) is 15.5 Å². The minimum atomic E-state index is -0.587. The summed E-state index contributed by atoms with van der Waals surface area (Å²) in [5.74, 6) is 0.487. The number of nitrogens with zero attached hydrogens (tertiary/aromatic N) is 2. The highest BCUT2D eigenvalue weighted by molar-refractivity contribution is 5.91. The fourth-order valence-electron chi connectivity index (χ4n) is 2.50. The second-order valence-corrected chi connectivity index (χ2v) is 6.32. The Bertz CT molecular complexity index is 982. The highest BCUT2D eigenvalue weighted by Gasteiger charge is 2.11. The number of nitrogens with one attached hydrogen (secondary N) is 1. The highest BCUT2D eigenvalue weighted by atomic mass is 16.5. The van der Waals surface area contributed by atoms with Crippen molar-refractivity contribution < 1.29 is 23.6 Å². The number of benzene rings is 2. The van der Waals surface area contributed by atoms with Gasteiger partial charge in [-0.15, -0.1) is 0 Å². The van der Waals surface area contributed by atoms with Crippen molar-refractivity contribution in [2.24, 2.45) is 0 Å². The third-order valence-electron chi connectivity index (χ3n) is 4.10. The number of ether oxygens (including phenoxy) is 2. The number of amides is 1. The molecule has 8 nitrogen and oxygen atoms in total. The normalized spacial score (nSPS) is 10.4. The second kappa shape index (κ2) is 9.50. The Morgan fingerprint density at radius 3 is 2.52 bits per heavy atom. The van der Waals surface area contributed by atoms with E-state index in [0.29, 0.717) is 29.6 Å². The number of rotatable bonds is 8. The van der Waals surface area contributed by atoms with Gasteiger partial charge in [0.15, 0.2) is 13.2 Å². The SMILES string of the molecule is Cc1nc(COc2ccc(C(=O)OCC(=O)NCc3ccccc3C)cc2)no1. The van der Waals surface area contributed by atoms with E-state index in [0.717, 1.165) is 11.1 Å². The molecule has 1 N–H and O–H groups in total. The summed E-state index contributed by atoms with van der Waals surface area (Å²) in [5, 5.41) is 6.47. The van der Waals surface area contributed by atoms with E-state index in [-0.39, 0.29) is 19.1 Å². The largest absolute Gasteiger partial charge is 0.485 e. The lowest BCUT2D eigenvalue weighted by Gasteiger charge is -2.09. The molecule has 0 radical (unpaired) electrons. The Kier molecular flexibility index (Phi) is 6.57. The van der Waals surface area contributed by atoms with Gasteiger partial charge >= 0.3 is 5.97 Å². The zero-order chi connectivity index (χ0) is 20.6. The van der Waals surface area contributed by atoms with Crippen LogP contribution in [0.3, 0.4) is 0 Å². The van der Waals surface area contributed by atoms with Crippen LogP contribution in [-0.2, 0) is 22.7 Å². The minimum Gasteiger partial charge on any atom is -0.485 e. The average molecular weight is 395 g/mol. The molecule has 2 aromatic carbocycles. The molecule has 0 unspecified atom stereocenters. The first-order chi connectivity index (χ1) is 14.0. The van der Waals surface area contributed by atoms with Gasteiger partial charge < -0.3 is 19.3 Å².